The van der Waals surface area contributed by atoms with Gasteiger partial charge >= 0.3 is 0 Å². The van der Waals surface area contributed by atoms with Crippen LogP contribution >= 0.6 is 15.9 Å². The van der Waals surface area contributed by atoms with Crippen molar-refractivity contribution in [1.82, 2.24) is 0 Å². The van der Waals surface area contributed by atoms with Gasteiger partial charge in [0.15, 0.2) is 5.78 Å². The molecule has 0 bridgehead atoms. The van der Waals surface area contributed by atoms with Crippen LogP contribution in [-0.4, -0.2) is 22.6 Å². The molecule has 2 rings (SSSR count). The second-order valence-corrected chi connectivity index (χ2v) is 7.69. The number of rotatable bonds is 6. The first kappa shape index (κ1) is 16.0. The fourth-order valence-corrected chi connectivity index (χ4v) is 2.19. The summed E-state index contributed by atoms with van der Waals surface area (Å²) in [7, 11) is 0. The maximum absolute atomic E-state index is 12.3. The summed E-state index contributed by atoms with van der Waals surface area (Å²) in [4.78, 5) is 24.2. The molecule has 1 aromatic carbocycles. The molecule has 1 aliphatic carbocycles. The number of carbonyl (C=O) groups is 2. The monoisotopic (exact) mass is 353 g/mol. The van der Waals surface area contributed by atoms with Gasteiger partial charge in [0, 0.05) is 11.5 Å². The summed E-state index contributed by atoms with van der Waals surface area (Å²) < 4.78 is 4.93. The number of Topliss-reactive ketones (excluding diaryl/α,β-unsaturated/α-hetero) is 1. The van der Waals surface area contributed by atoms with Crippen molar-refractivity contribution in [2.24, 2.45) is 5.92 Å². The molecular formula is C16H20BrNO3. The second-order valence-electron chi connectivity index (χ2n) is 5.71. The Kier molecular flexibility index (Phi) is 4.71. The Morgan fingerprint density at radius 1 is 1.38 bits per heavy atom. The van der Waals surface area contributed by atoms with Gasteiger partial charge in [0.2, 0.25) is 5.91 Å². The number of ketones is 1. The minimum absolute atomic E-state index is 0.0239. The molecule has 1 aliphatic rings. The maximum Gasteiger partial charge on any atom is 0.227 e. The minimum atomic E-state index is -0.630. The molecule has 5 heteroatoms. The van der Waals surface area contributed by atoms with Crippen molar-refractivity contribution in [3.8, 4) is 5.75 Å². The van der Waals surface area contributed by atoms with Crippen molar-refractivity contribution in [3.63, 3.8) is 0 Å². The third-order valence-corrected chi connectivity index (χ3v) is 3.65. The van der Waals surface area contributed by atoms with E-state index in [1.54, 1.807) is 32.0 Å². The number of carbonyl (C=O) groups excluding carboxylic acids is 2. The average Bonchev–Trinajstić information content (AvgIpc) is 3.23. The van der Waals surface area contributed by atoms with Crippen LogP contribution in [0.25, 0.3) is 0 Å². The zero-order valence-electron chi connectivity index (χ0n) is 12.5. The van der Waals surface area contributed by atoms with Gasteiger partial charge in [-0.3, -0.25) is 9.59 Å². The van der Waals surface area contributed by atoms with Crippen LogP contribution in [0.3, 0.4) is 0 Å². The molecule has 4 nitrogen and oxygen atoms in total. The van der Waals surface area contributed by atoms with Gasteiger partial charge in [-0.1, -0.05) is 15.9 Å². The topological polar surface area (TPSA) is 55.4 Å². The number of halogens is 1. The lowest BCUT2D eigenvalue weighted by atomic mass is 10.0. The molecule has 1 N–H and O–H groups in total. The quantitative estimate of drug-likeness (QED) is 0.625. The number of nitrogens with one attached hydrogen (secondary N) is 1. The summed E-state index contributed by atoms with van der Waals surface area (Å²) in [6.45, 7) is 5.95. The first-order valence-corrected chi connectivity index (χ1v) is 7.93. The van der Waals surface area contributed by atoms with Gasteiger partial charge in [0.1, 0.15) is 5.75 Å². The van der Waals surface area contributed by atoms with Crippen molar-refractivity contribution in [3.05, 3.63) is 23.8 Å². The molecule has 0 spiro atoms. The summed E-state index contributed by atoms with van der Waals surface area (Å²) in [5, 5.41) is 2.88. The molecule has 0 aliphatic heterocycles. The van der Waals surface area contributed by atoms with E-state index in [4.69, 9.17) is 4.74 Å². The predicted molar refractivity (Wildman–Crippen MR) is 86.3 cm³/mol. The lowest BCUT2D eigenvalue weighted by Gasteiger charge is -2.17. The average molecular weight is 354 g/mol. The van der Waals surface area contributed by atoms with E-state index in [9.17, 15) is 9.59 Å². The third-order valence-electron chi connectivity index (χ3n) is 3.29. The van der Waals surface area contributed by atoms with E-state index in [2.05, 4.69) is 21.2 Å². The molecule has 0 heterocycles. The fraction of sp³-hybridized carbons (Fsp3) is 0.500. The molecular weight excluding hydrogens is 334 g/mol. The molecule has 0 aromatic heterocycles. The van der Waals surface area contributed by atoms with Gasteiger partial charge in [-0.25, -0.2) is 0 Å². The Balaban J connectivity index is 2.25. The lowest BCUT2D eigenvalue weighted by Crippen LogP contribution is -2.24. The van der Waals surface area contributed by atoms with Crippen molar-refractivity contribution in [2.45, 2.75) is 37.9 Å². The second kappa shape index (κ2) is 6.18. The van der Waals surface area contributed by atoms with Crippen LogP contribution in [0, 0.1) is 5.92 Å². The lowest BCUT2D eigenvalue weighted by molar-refractivity contribution is -0.117. The van der Waals surface area contributed by atoms with Gasteiger partial charge in [0.05, 0.1) is 16.6 Å². The summed E-state index contributed by atoms with van der Waals surface area (Å²) >= 11 is 3.37. The number of amides is 1. The number of hydrogen-bond donors (Lipinski definition) is 1. The Hall–Kier alpha value is -1.36. The van der Waals surface area contributed by atoms with Gasteiger partial charge in [0.25, 0.3) is 0 Å². The first-order chi connectivity index (χ1) is 9.82. The summed E-state index contributed by atoms with van der Waals surface area (Å²) in [6.07, 6.45) is 1.90. The summed E-state index contributed by atoms with van der Waals surface area (Å²) in [5.41, 5.74) is 1.18. The van der Waals surface area contributed by atoms with Crippen LogP contribution in [-0.2, 0) is 4.79 Å². The van der Waals surface area contributed by atoms with Gasteiger partial charge in [-0.15, -0.1) is 0 Å². The first-order valence-electron chi connectivity index (χ1n) is 7.14. The summed E-state index contributed by atoms with van der Waals surface area (Å²) in [5.74, 6) is 0.663. The van der Waals surface area contributed by atoms with E-state index in [-0.39, 0.29) is 17.6 Å². The molecule has 0 radical (unpaired) electrons. The predicted octanol–water partition coefficient (Wildman–Crippen LogP) is 3.79. The van der Waals surface area contributed by atoms with E-state index in [0.717, 1.165) is 12.8 Å². The highest BCUT2D eigenvalue weighted by Crippen LogP contribution is 2.33. The molecule has 0 unspecified atom stereocenters. The highest BCUT2D eigenvalue weighted by molar-refractivity contribution is 9.10. The molecule has 0 atom stereocenters. The highest BCUT2D eigenvalue weighted by Gasteiger charge is 2.30. The van der Waals surface area contributed by atoms with Gasteiger partial charge in [-0.2, -0.15) is 0 Å². The highest BCUT2D eigenvalue weighted by atomic mass is 79.9. The van der Waals surface area contributed by atoms with Crippen molar-refractivity contribution in [1.29, 1.82) is 0 Å². The number of hydrogen-bond acceptors (Lipinski definition) is 3. The molecule has 1 saturated carbocycles. The Morgan fingerprint density at radius 3 is 2.57 bits per heavy atom. The largest absolute Gasteiger partial charge is 0.492 e. The number of anilines is 1. The van der Waals surface area contributed by atoms with E-state index >= 15 is 0 Å². The van der Waals surface area contributed by atoms with E-state index < -0.39 is 4.32 Å². The van der Waals surface area contributed by atoms with Crippen LogP contribution < -0.4 is 10.1 Å². The van der Waals surface area contributed by atoms with Gasteiger partial charge < -0.3 is 10.1 Å². The zero-order valence-corrected chi connectivity index (χ0v) is 14.1. The normalized spacial score (nSPS) is 14.7. The van der Waals surface area contributed by atoms with E-state index in [0.29, 0.717) is 23.6 Å². The summed E-state index contributed by atoms with van der Waals surface area (Å²) in [6, 6.07) is 5.14. The van der Waals surface area contributed by atoms with Crippen LogP contribution in [0.15, 0.2) is 18.2 Å². The van der Waals surface area contributed by atoms with Crippen LogP contribution in [0.1, 0.15) is 44.0 Å². The van der Waals surface area contributed by atoms with Crippen molar-refractivity contribution < 1.29 is 14.3 Å². The SMILES string of the molecule is CCOc1cc(C(=O)C(C)(C)Br)ccc1NC(=O)C1CC1. The van der Waals surface area contributed by atoms with Gasteiger partial charge in [-0.05, 0) is 51.8 Å². The minimum Gasteiger partial charge on any atom is -0.492 e. The molecule has 114 valence electrons. The van der Waals surface area contributed by atoms with Crippen LogP contribution in [0.4, 0.5) is 5.69 Å². The van der Waals surface area contributed by atoms with Crippen LogP contribution in [0.5, 0.6) is 5.75 Å². The number of benzene rings is 1. The fourth-order valence-electron chi connectivity index (χ4n) is 1.97. The zero-order chi connectivity index (χ0) is 15.6. The molecule has 0 saturated heterocycles. The van der Waals surface area contributed by atoms with Crippen LogP contribution in [0.2, 0.25) is 0 Å². The smallest absolute Gasteiger partial charge is 0.227 e. The Labute approximate surface area is 133 Å². The Bertz CT molecular complexity index is 559. The van der Waals surface area contributed by atoms with E-state index in [1.165, 1.54) is 0 Å². The van der Waals surface area contributed by atoms with E-state index in [1.807, 2.05) is 6.92 Å². The number of alkyl halides is 1. The molecule has 1 aromatic rings. The molecule has 1 fully saturated rings. The Morgan fingerprint density at radius 2 is 2.05 bits per heavy atom. The third kappa shape index (κ3) is 4.06. The van der Waals surface area contributed by atoms with Crippen molar-refractivity contribution in [2.75, 3.05) is 11.9 Å². The van der Waals surface area contributed by atoms with Crippen molar-refractivity contribution >= 4 is 33.3 Å². The molecule has 1 amide bonds. The standard InChI is InChI=1S/C16H20BrNO3/c1-4-21-13-9-11(14(19)16(2,3)17)7-8-12(13)18-15(20)10-5-6-10/h7-10H,4-6H2,1-3H3,(H,18,20). The molecule has 21 heavy (non-hydrogen) atoms. The maximum atomic E-state index is 12.3. The number of ether oxygens (including phenoxy) is 1.